The van der Waals surface area contributed by atoms with Crippen LogP contribution < -0.4 is 0 Å². The highest BCUT2D eigenvalue weighted by Crippen LogP contribution is 2.32. The predicted octanol–water partition coefficient (Wildman–Crippen LogP) is 2.86. The van der Waals surface area contributed by atoms with Crippen molar-refractivity contribution in [3.8, 4) is 0 Å². The number of rotatable bonds is 3. The Hall–Kier alpha value is -2.50. The van der Waals surface area contributed by atoms with Gasteiger partial charge < -0.3 is 9.40 Å². The molecule has 1 aromatic carbocycles. The van der Waals surface area contributed by atoms with Gasteiger partial charge in [0.05, 0.1) is 24.1 Å². The van der Waals surface area contributed by atoms with Crippen molar-refractivity contribution >= 4 is 0 Å². The minimum atomic E-state index is -0.910. The number of H-pyrrole nitrogens is 1. The molecule has 0 aliphatic rings. The van der Waals surface area contributed by atoms with E-state index < -0.39 is 17.6 Å². The first-order valence-corrected chi connectivity index (χ1v) is 5.58. The monoisotopic (exact) mass is 261 g/mol. The van der Waals surface area contributed by atoms with Crippen LogP contribution in [-0.4, -0.2) is 15.0 Å². The molecule has 3 rings (SSSR count). The Kier molecular flexibility index (Phi) is 2.83. The fourth-order valence-corrected chi connectivity index (χ4v) is 2.00. The van der Waals surface area contributed by atoms with Crippen LogP contribution in [0.3, 0.4) is 0 Å². The number of nitrogens with zero attached hydrogens (tertiary/aromatic N) is 2. The van der Waals surface area contributed by atoms with Crippen LogP contribution in [0.1, 0.15) is 22.9 Å². The number of oxazole rings is 1. The summed E-state index contributed by atoms with van der Waals surface area (Å²) in [6.07, 6.45) is 5.78. The number of aromatic amines is 1. The van der Waals surface area contributed by atoms with Crippen LogP contribution in [-0.2, 0) is 0 Å². The molecule has 0 aliphatic heterocycles. The van der Waals surface area contributed by atoms with E-state index in [1.165, 1.54) is 31.1 Å². The topological polar surface area (TPSA) is 54.7 Å². The van der Waals surface area contributed by atoms with E-state index in [4.69, 9.17) is 4.42 Å². The van der Waals surface area contributed by atoms with Gasteiger partial charge in [0.2, 0.25) is 0 Å². The lowest BCUT2D eigenvalue weighted by Gasteiger charge is -2.13. The highest BCUT2D eigenvalue weighted by Gasteiger charge is 2.26. The number of benzene rings is 1. The average molecular weight is 261 g/mol. The summed E-state index contributed by atoms with van der Waals surface area (Å²) in [4.78, 5) is 10.7. The molecule has 0 fully saturated rings. The third kappa shape index (κ3) is 2.01. The maximum atomic E-state index is 14.0. The number of hydrogen-bond donors (Lipinski definition) is 1. The molecular weight excluding hydrogens is 252 g/mol. The number of nitrogens with one attached hydrogen (secondary N) is 1. The number of imidazole rings is 1. The summed E-state index contributed by atoms with van der Waals surface area (Å²) in [6, 6.07) is 4.02. The second kappa shape index (κ2) is 4.64. The van der Waals surface area contributed by atoms with E-state index >= 15 is 0 Å². The molecule has 2 aromatic heterocycles. The van der Waals surface area contributed by atoms with Gasteiger partial charge in [0.1, 0.15) is 5.76 Å². The van der Waals surface area contributed by atoms with E-state index in [0.29, 0.717) is 11.5 Å². The zero-order valence-electron chi connectivity index (χ0n) is 9.68. The van der Waals surface area contributed by atoms with Crippen LogP contribution >= 0.6 is 0 Å². The molecular formula is C13H9F2N3O. The van der Waals surface area contributed by atoms with Crippen LogP contribution in [0.4, 0.5) is 8.78 Å². The first-order valence-electron chi connectivity index (χ1n) is 5.58. The van der Waals surface area contributed by atoms with Gasteiger partial charge in [-0.15, -0.1) is 0 Å². The summed E-state index contributed by atoms with van der Waals surface area (Å²) >= 11 is 0. The summed E-state index contributed by atoms with van der Waals surface area (Å²) in [5, 5.41) is 0. The second-order valence-corrected chi connectivity index (χ2v) is 3.97. The van der Waals surface area contributed by atoms with Crippen LogP contribution in [0.5, 0.6) is 0 Å². The van der Waals surface area contributed by atoms with Crippen LogP contribution in [0.25, 0.3) is 0 Å². The van der Waals surface area contributed by atoms with Crippen molar-refractivity contribution in [2.24, 2.45) is 0 Å². The van der Waals surface area contributed by atoms with Gasteiger partial charge in [0.25, 0.3) is 0 Å². The van der Waals surface area contributed by atoms with Gasteiger partial charge in [0.15, 0.2) is 18.0 Å². The molecule has 19 heavy (non-hydrogen) atoms. The Balaban J connectivity index is 2.18. The standard InChI is InChI=1S/C13H9F2N3O/c14-9-3-1-2-8(13(9)15)12(10-4-16-6-18-10)11-5-17-7-19-11/h1-7,12H,(H,16,18). The summed E-state index contributed by atoms with van der Waals surface area (Å²) in [5.41, 5.74) is 0.685. The average Bonchev–Trinajstić information content (AvgIpc) is 3.08. The van der Waals surface area contributed by atoms with Gasteiger partial charge in [-0.25, -0.2) is 18.7 Å². The SMILES string of the molecule is Fc1cccc(C(c2c[nH]cn2)c2cnco2)c1F. The molecule has 4 nitrogen and oxygen atoms in total. The molecule has 1 atom stereocenters. The van der Waals surface area contributed by atoms with E-state index in [2.05, 4.69) is 15.0 Å². The van der Waals surface area contributed by atoms with Gasteiger partial charge in [-0.2, -0.15) is 0 Å². The Morgan fingerprint density at radius 1 is 1.26 bits per heavy atom. The van der Waals surface area contributed by atoms with E-state index in [1.54, 1.807) is 6.20 Å². The smallest absolute Gasteiger partial charge is 0.180 e. The van der Waals surface area contributed by atoms with Gasteiger partial charge >= 0.3 is 0 Å². The van der Waals surface area contributed by atoms with E-state index in [0.717, 1.165) is 6.07 Å². The Bertz CT molecular complexity index is 631. The summed E-state index contributed by atoms with van der Waals surface area (Å²) in [7, 11) is 0. The number of halogens is 2. The normalized spacial score (nSPS) is 12.5. The van der Waals surface area contributed by atoms with Gasteiger partial charge in [-0.1, -0.05) is 12.1 Å². The lowest BCUT2D eigenvalue weighted by molar-refractivity contribution is 0.470. The van der Waals surface area contributed by atoms with Crippen LogP contribution in [0, 0.1) is 11.6 Å². The maximum Gasteiger partial charge on any atom is 0.180 e. The fourth-order valence-electron chi connectivity index (χ4n) is 2.00. The van der Waals surface area contributed by atoms with Gasteiger partial charge in [-0.3, -0.25) is 0 Å². The third-order valence-electron chi connectivity index (χ3n) is 2.84. The van der Waals surface area contributed by atoms with Crippen LogP contribution in [0.2, 0.25) is 0 Å². The summed E-state index contributed by atoms with van der Waals surface area (Å²) in [6.45, 7) is 0. The second-order valence-electron chi connectivity index (χ2n) is 3.97. The first-order chi connectivity index (χ1) is 9.27. The van der Waals surface area contributed by atoms with Gasteiger partial charge in [-0.05, 0) is 6.07 Å². The summed E-state index contributed by atoms with van der Waals surface area (Å²) in [5.74, 6) is -2.05. The molecule has 0 spiro atoms. The molecule has 3 aromatic rings. The summed E-state index contributed by atoms with van der Waals surface area (Å²) < 4.78 is 32.5. The zero-order chi connectivity index (χ0) is 13.2. The zero-order valence-corrected chi connectivity index (χ0v) is 9.68. The molecule has 1 unspecified atom stereocenters. The Morgan fingerprint density at radius 2 is 2.16 bits per heavy atom. The molecule has 0 saturated heterocycles. The minimum absolute atomic E-state index is 0.156. The fraction of sp³-hybridized carbons (Fsp3) is 0.0769. The lowest BCUT2D eigenvalue weighted by Crippen LogP contribution is -2.06. The third-order valence-corrected chi connectivity index (χ3v) is 2.84. The van der Waals surface area contributed by atoms with E-state index in [1.807, 2.05) is 0 Å². The molecule has 2 heterocycles. The van der Waals surface area contributed by atoms with Crippen molar-refractivity contribution in [2.75, 3.05) is 0 Å². The lowest BCUT2D eigenvalue weighted by atomic mass is 9.93. The van der Waals surface area contributed by atoms with Crippen LogP contribution in [0.15, 0.2) is 47.7 Å². The maximum absolute atomic E-state index is 14.0. The highest BCUT2D eigenvalue weighted by molar-refractivity contribution is 5.36. The van der Waals surface area contributed by atoms with Gasteiger partial charge in [0, 0.05) is 11.8 Å². The molecule has 6 heteroatoms. The van der Waals surface area contributed by atoms with Crippen molar-refractivity contribution in [1.29, 1.82) is 0 Å². The first kappa shape index (κ1) is 11.6. The van der Waals surface area contributed by atoms with Crippen molar-refractivity contribution in [1.82, 2.24) is 15.0 Å². The molecule has 0 aliphatic carbocycles. The molecule has 0 radical (unpaired) electrons. The number of aromatic nitrogens is 3. The molecule has 1 N–H and O–H groups in total. The largest absolute Gasteiger partial charge is 0.447 e. The highest BCUT2D eigenvalue weighted by atomic mass is 19.2. The van der Waals surface area contributed by atoms with Crippen molar-refractivity contribution in [2.45, 2.75) is 5.92 Å². The van der Waals surface area contributed by atoms with Crippen molar-refractivity contribution in [3.63, 3.8) is 0 Å². The number of hydrogen-bond acceptors (Lipinski definition) is 3. The van der Waals surface area contributed by atoms with Crippen molar-refractivity contribution in [3.05, 3.63) is 72.0 Å². The van der Waals surface area contributed by atoms with Crippen molar-refractivity contribution < 1.29 is 13.2 Å². The molecule has 96 valence electrons. The Labute approximate surface area is 107 Å². The van der Waals surface area contributed by atoms with E-state index in [9.17, 15) is 8.78 Å². The minimum Gasteiger partial charge on any atom is -0.447 e. The molecule has 0 saturated carbocycles. The van der Waals surface area contributed by atoms with E-state index in [-0.39, 0.29) is 5.56 Å². The molecule has 0 amide bonds. The quantitative estimate of drug-likeness (QED) is 0.788. The predicted molar refractivity (Wildman–Crippen MR) is 62.4 cm³/mol. The Morgan fingerprint density at radius 3 is 2.84 bits per heavy atom. The molecule has 0 bridgehead atoms.